The fraction of sp³-hybridized carbons (Fsp3) is 0.478. The van der Waals surface area contributed by atoms with Crippen molar-refractivity contribution in [2.24, 2.45) is 5.92 Å². The number of halogens is 3. The fourth-order valence-electron chi connectivity index (χ4n) is 4.53. The highest BCUT2D eigenvalue weighted by Gasteiger charge is 2.24. The smallest absolute Gasteiger partial charge is 0.123 e. The average molecular weight is 436 g/mol. The Morgan fingerprint density at radius 2 is 1.72 bits per heavy atom. The van der Waals surface area contributed by atoms with Gasteiger partial charge in [-0.25, -0.2) is 4.39 Å². The number of piperazine rings is 1. The van der Waals surface area contributed by atoms with E-state index in [0.29, 0.717) is 16.0 Å². The van der Waals surface area contributed by atoms with E-state index in [1.165, 1.54) is 5.69 Å². The lowest BCUT2D eigenvalue weighted by Gasteiger charge is -2.37. The van der Waals surface area contributed by atoms with Gasteiger partial charge in [0.25, 0.3) is 0 Å². The van der Waals surface area contributed by atoms with Crippen molar-refractivity contribution >= 4 is 34.6 Å². The molecule has 2 heterocycles. The molecule has 4 rings (SSSR count). The number of piperidine rings is 1. The Labute approximate surface area is 183 Å². The lowest BCUT2D eigenvalue weighted by atomic mass is 9.90. The van der Waals surface area contributed by atoms with Gasteiger partial charge in [-0.2, -0.15) is 0 Å². The van der Waals surface area contributed by atoms with Crippen LogP contribution in [0.2, 0.25) is 10.0 Å². The van der Waals surface area contributed by atoms with Crippen molar-refractivity contribution in [2.45, 2.75) is 19.3 Å². The van der Waals surface area contributed by atoms with Crippen molar-refractivity contribution in [3.05, 3.63) is 57.8 Å². The van der Waals surface area contributed by atoms with E-state index >= 15 is 0 Å². The molecule has 0 spiro atoms. The molecular formula is C23H28Cl2FN3. The molecule has 2 saturated heterocycles. The summed E-state index contributed by atoms with van der Waals surface area (Å²) in [4.78, 5) is 7.13. The van der Waals surface area contributed by atoms with E-state index in [1.54, 1.807) is 12.1 Å². The Morgan fingerprint density at radius 3 is 2.48 bits per heavy atom. The normalized spacial score (nSPS) is 20.9. The van der Waals surface area contributed by atoms with Gasteiger partial charge < -0.3 is 14.7 Å². The molecule has 0 aromatic heterocycles. The Bertz CT molecular complexity index is 852. The topological polar surface area (TPSA) is 9.72 Å². The lowest BCUT2D eigenvalue weighted by molar-refractivity contribution is 0.312. The molecule has 1 unspecified atom stereocenters. The van der Waals surface area contributed by atoms with Crippen LogP contribution in [0.15, 0.2) is 36.4 Å². The van der Waals surface area contributed by atoms with E-state index in [-0.39, 0.29) is 5.82 Å². The summed E-state index contributed by atoms with van der Waals surface area (Å²) in [5.41, 5.74) is 3.45. The molecule has 2 aliphatic heterocycles. The van der Waals surface area contributed by atoms with Gasteiger partial charge in [0.05, 0.1) is 10.0 Å². The predicted molar refractivity (Wildman–Crippen MR) is 121 cm³/mol. The van der Waals surface area contributed by atoms with Crippen molar-refractivity contribution in [1.82, 2.24) is 4.90 Å². The first kappa shape index (κ1) is 20.8. The van der Waals surface area contributed by atoms with Crippen LogP contribution in [0, 0.1) is 11.7 Å². The third kappa shape index (κ3) is 4.99. The molecular weight excluding hydrogens is 408 g/mol. The van der Waals surface area contributed by atoms with Crippen LogP contribution >= 0.6 is 23.2 Å². The summed E-state index contributed by atoms with van der Waals surface area (Å²) in [6.07, 6.45) is 3.19. The van der Waals surface area contributed by atoms with Crippen LogP contribution in [-0.2, 0) is 6.42 Å². The van der Waals surface area contributed by atoms with Gasteiger partial charge in [-0.1, -0.05) is 23.2 Å². The molecule has 0 bridgehead atoms. The Morgan fingerprint density at radius 1 is 0.931 bits per heavy atom. The van der Waals surface area contributed by atoms with Crippen molar-refractivity contribution < 1.29 is 4.39 Å². The zero-order chi connectivity index (χ0) is 20.4. The van der Waals surface area contributed by atoms with E-state index in [1.807, 2.05) is 24.3 Å². The highest BCUT2D eigenvalue weighted by molar-refractivity contribution is 6.42. The van der Waals surface area contributed by atoms with Gasteiger partial charge in [0.15, 0.2) is 0 Å². The van der Waals surface area contributed by atoms with Crippen LogP contribution in [0.1, 0.15) is 18.4 Å². The first-order chi connectivity index (χ1) is 14.0. The molecule has 0 amide bonds. The lowest BCUT2D eigenvalue weighted by Crippen LogP contribution is -2.45. The van der Waals surface area contributed by atoms with Gasteiger partial charge >= 0.3 is 0 Å². The number of hydrogen-bond acceptors (Lipinski definition) is 3. The highest BCUT2D eigenvalue weighted by Crippen LogP contribution is 2.32. The first-order valence-corrected chi connectivity index (χ1v) is 11.2. The van der Waals surface area contributed by atoms with Gasteiger partial charge in [-0.05, 0) is 74.2 Å². The average Bonchev–Trinajstić information content (AvgIpc) is 2.71. The van der Waals surface area contributed by atoms with Gasteiger partial charge in [0.1, 0.15) is 5.82 Å². The van der Waals surface area contributed by atoms with E-state index in [4.69, 9.17) is 23.2 Å². The van der Waals surface area contributed by atoms with Crippen molar-refractivity contribution in [3.63, 3.8) is 0 Å². The quantitative estimate of drug-likeness (QED) is 0.641. The maximum atomic E-state index is 14.1. The number of nitrogens with zero attached hydrogens (tertiary/aromatic N) is 3. The second-order valence-electron chi connectivity index (χ2n) is 8.32. The van der Waals surface area contributed by atoms with Crippen LogP contribution in [-0.4, -0.2) is 51.2 Å². The molecule has 2 fully saturated rings. The van der Waals surface area contributed by atoms with Crippen LogP contribution in [0.25, 0.3) is 0 Å². The minimum atomic E-state index is -0.143. The minimum absolute atomic E-state index is 0.143. The number of benzene rings is 2. The van der Waals surface area contributed by atoms with Crippen molar-refractivity contribution in [1.29, 1.82) is 0 Å². The van der Waals surface area contributed by atoms with Gasteiger partial charge in [-0.3, -0.25) is 0 Å². The van der Waals surface area contributed by atoms with E-state index in [0.717, 1.165) is 69.8 Å². The van der Waals surface area contributed by atoms with Gasteiger partial charge in [0, 0.05) is 50.6 Å². The molecule has 0 radical (unpaired) electrons. The highest BCUT2D eigenvalue weighted by atomic mass is 35.5. The standard InChI is InChI=1S/C23H28Cl2FN3/c1-27-9-11-28(12-10-27)23-7-4-19(26)14-18(23)13-17-3-2-8-29(16-17)20-5-6-21(24)22(25)15-20/h4-7,14-15,17H,2-3,8-13,16H2,1H3. The molecule has 0 N–H and O–H groups in total. The summed E-state index contributed by atoms with van der Waals surface area (Å²) in [5, 5.41) is 1.18. The zero-order valence-corrected chi connectivity index (χ0v) is 18.4. The number of anilines is 2. The van der Waals surface area contributed by atoms with Crippen LogP contribution < -0.4 is 9.80 Å². The maximum absolute atomic E-state index is 14.1. The number of likely N-dealkylation sites (N-methyl/N-ethyl adjacent to an activating group) is 1. The SMILES string of the molecule is CN1CCN(c2ccc(F)cc2CC2CCCN(c3ccc(Cl)c(Cl)c3)C2)CC1. The summed E-state index contributed by atoms with van der Waals surface area (Å²) in [5.74, 6) is 0.348. The summed E-state index contributed by atoms with van der Waals surface area (Å²) < 4.78 is 14.1. The van der Waals surface area contributed by atoms with E-state index in [9.17, 15) is 4.39 Å². The third-order valence-electron chi connectivity index (χ3n) is 6.18. The molecule has 2 aromatic carbocycles. The molecule has 2 aliphatic rings. The molecule has 6 heteroatoms. The molecule has 1 atom stereocenters. The van der Waals surface area contributed by atoms with Crippen molar-refractivity contribution in [3.8, 4) is 0 Å². The van der Waals surface area contributed by atoms with E-state index in [2.05, 4.69) is 21.7 Å². The summed E-state index contributed by atoms with van der Waals surface area (Å²) in [6.45, 7) is 6.06. The van der Waals surface area contributed by atoms with Crippen LogP contribution in [0.5, 0.6) is 0 Å². The Hall–Kier alpha value is -1.49. The molecule has 3 nitrogen and oxygen atoms in total. The molecule has 0 saturated carbocycles. The molecule has 156 valence electrons. The predicted octanol–water partition coefficient (Wildman–Crippen LogP) is 5.34. The number of rotatable bonds is 4. The zero-order valence-electron chi connectivity index (χ0n) is 16.9. The number of hydrogen-bond donors (Lipinski definition) is 0. The van der Waals surface area contributed by atoms with Gasteiger partial charge in [-0.15, -0.1) is 0 Å². The van der Waals surface area contributed by atoms with Gasteiger partial charge in [0.2, 0.25) is 0 Å². The second-order valence-corrected chi connectivity index (χ2v) is 9.13. The third-order valence-corrected chi connectivity index (χ3v) is 6.92. The van der Waals surface area contributed by atoms with Crippen molar-refractivity contribution in [2.75, 3.05) is 56.1 Å². The molecule has 29 heavy (non-hydrogen) atoms. The maximum Gasteiger partial charge on any atom is 0.123 e. The van der Waals surface area contributed by atoms with E-state index < -0.39 is 0 Å². The largest absolute Gasteiger partial charge is 0.371 e. The summed E-state index contributed by atoms with van der Waals surface area (Å²) in [7, 11) is 2.16. The molecule has 0 aliphatic carbocycles. The fourth-order valence-corrected chi connectivity index (χ4v) is 4.82. The minimum Gasteiger partial charge on any atom is -0.371 e. The Balaban J connectivity index is 1.49. The Kier molecular flexibility index (Phi) is 6.53. The van der Waals surface area contributed by atoms with Crippen LogP contribution in [0.4, 0.5) is 15.8 Å². The summed E-state index contributed by atoms with van der Waals surface area (Å²) in [6, 6.07) is 11.2. The molecule has 2 aromatic rings. The second kappa shape index (κ2) is 9.11. The van der Waals surface area contributed by atoms with Crippen LogP contribution in [0.3, 0.4) is 0 Å². The monoisotopic (exact) mass is 435 g/mol. The summed E-state index contributed by atoms with van der Waals surface area (Å²) >= 11 is 12.3. The first-order valence-electron chi connectivity index (χ1n) is 10.4.